The van der Waals surface area contributed by atoms with E-state index in [9.17, 15) is 14.4 Å². The number of ether oxygens (including phenoxy) is 1. The molecule has 1 atom stereocenters. The van der Waals surface area contributed by atoms with E-state index in [2.05, 4.69) is 26.1 Å². The SMILES string of the molecule is CCOc1ccccc1/C=C(\NC(=O)c1ccccc1)C(=O)Nc1ccc(SC(C)C(=O)Nc2nnc(C)s2)cc1. The summed E-state index contributed by atoms with van der Waals surface area (Å²) >= 11 is 2.69. The summed E-state index contributed by atoms with van der Waals surface area (Å²) in [7, 11) is 0. The van der Waals surface area contributed by atoms with E-state index >= 15 is 0 Å². The Hall–Kier alpha value is -4.48. The third-order valence-corrected chi connectivity index (χ3v) is 7.46. The first-order valence-electron chi connectivity index (χ1n) is 12.8. The molecule has 9 nitrogen and oxygen atoms in total. The number of nitrogens with one attached hydrogen (secondary N) is 3. The number of nitrogens with zero attached hydrogens (tertiary/aromatic N) is 2. The number of amides is 3. The molecule has 0 spiro atoms. The van der Waals surface area contributed by atoms with Crippen LogP contribution in [0.5, 0.6) is 5.75 Å². The maximum Gasteiger partial charge on any atom is 0.272 e. The quantitative estimate of drug-likeness (QED) is 0.150. The van der Waals surface area contributed by atoms with E-state index in [4.69, 9.17) is 4.74 Å². The molecule has 0 aliphatic rings. The average Bonchev–Trinajstić information content (AvgIpc) is 3.39. The number of thioether (sulfide) groups is 1. The van der Waals surface area contributed by atoms with Gasteiger partial charge in [-0.1, -0.05) is 47.7 Å². The van der Waals surface area contributed by atoms with Gasteiger partial charge in [-0.15, -0.1) is 22.0 Å². The number of carbonyl (C=O) groups is 3. The van der Waals surface area contributed by atoms with Crippen molar-refractivity contribution < 1.29 is 19.1 Å². The monoisotopic (exact) mass is 587 g/mol. The lowest BCUT2D eigenvalue weighted by Gasteiger charge is -2.14. The molecule has 4 aromatic rings. The van der Waals surface area contributed by atoms with Gasteiger partial charge in [-0.05, 0) is 69.3 Å². The molecule has 1 unspecified atom stereocenters. The average molecular weight is 588 g/mol. The summed E-state index contributed by atoms with van der Waals surface area (Å²) in [4.78, 5) is 39.7. The van der Waals surface area contributed by atoms with Crippen molar-refractivity contribution in [1.82, 2.24) is 15.5 Å². The molecule has 3 aromatic carbocycles. The van der Waals surface area contributed by atoms with Gasteiger partial charge in [0.15, 0.2) is 0 Å². The fraction of sp³-hybridized carbons (Fsp3) is 0.167. The molecule has 0 aliphatic heterocycles. The second kappa shape index (κ2) is 14.2. The van der Waals surface area contributed by atoms with Crippen LogP contribution >= 0.6 is 23.1 Å². The van der Waals surface area contributed by atoms with Crippen LogP contribution in [0.2, 0.25) is 0 Å². The zero-order valence-electron chi connectivity index (χ0n) is 22.7. The third kappa shape index (κ3) is 8.50. The summed E-state index contributed by atoms with van der Waals surface area (Å²) in [5.74, 6) is -0.500. The molecular weight excluding hydrogens is 558 g/mol. The van der Waals surface area contributed by atoms with Crippen LogP contribution in [0, 0.1) is 6.92 Å². The number of rotatable bonds is 11. The molecule has 3 amide bonds. The molecule has 0 saturated heterocycles. The molecular formula is C30H29N5O4S2. The van der Waals surface area contributed by atoms with E-state index in [1.807, 2.05) is 50.2 Å². The van der Waals surface area contributed by atoms with Gasteiger partial charge in [0.05, 0.1) is 11.9 Å². The number of anilines is 2. The Morgan fingerprint density at radius 2 is 1.66 bits per heavy atom. The van der Waals surface area contributed by atoms with Crippen molar-refractivity contribution >= 4 is 57.7 Å². The van der Waals surface area contributed by atoms with E-state index in [1.165, 1.54) is 23.1 Å². The first-order chi connectivity index (χ1) is 19.8. The van der Waals surface area contributed by atoms with Crippen LogP contribution in [0.4, 0.5) is 10.8 Å². The van der Waals surface area contributed by atoms with Gasteiger partial charge in [-0.25, -0.2) is 0 Å². The van der Waals surface area contributed by atoms with E-state index in [-0.39, 0.29) is 16.9 Å². The number of hydrogen-bond acceptors (Lipinski definition) is 8. The maximum absolute atomic E-state index is 13.4. The van der Waals surface area contributed by atoms with E-state index in [0.717, 1.165) is 9.90 Å². The van der Waals surface area contributed by atoms with Gasteiger partial charge < -0.3 is 15.4 Å². The van der Waals surface area contributed by atoms with E-state index < -0.39 is 11.8 Å². The van der Waals surface area contributed by atoms with Gasteiger partial charge >= 0.3 is 0 Å². The molecule has 0 radical (unpaired) electrons. The largest absolute Gasteiger partial charge is 0.493 e. The van der Waals surface area contributed by atoms with Crippen LogP contribution < -0.4 is 20.7 Å². The fourth-order valence-corrected chi connectivity index (χ4v) is 5.07. The van der Waals surface area contributed by atoms with Crippen molar-refractivity contribution in [2.24, 2.45) is 0 Å². The lowest BCUT2D eigenvalue weighted by atomic mass is 10.1. The van der Waals surface area contributed by atoms with Crippen LogP contribution in [0.1, 0.15) is 34.8 Å². The van der Waals surface area contributed by atoms with E-state index in [0.29, 0.717) is 34.3 Å². The molecule has 1 heterocycles. The van der Waals surface area contributed by atoms with Crippen LogP contribution in [-0.4, -0.2) is 39.8 Å². The number of carbonyl (C=O) groups excluding carboxylic acids is 3. The van der Waals surface area contributed by atoms with Gasteiger partial charge in [0.2, 0.25) is 11.0 Å². The van der Waals surface area contributed by atoms with E-state index in [1.54, 1.807) is 55.5 Å². The fourth-order valence-electron chi connectivity index (χ4n) is 3.61. The molecule has 4 rings (SSSR count). The molecule has 41 heavy (non-hydrogen) atoms. The summed E-state index contributed by atoms with van der Waals surface area (Å²) in [5, 5.41) is 17.0. The first kappa shape index (κ1) is 29.5. The van der Waals surface area contributed by atoms with Crippen molar-refractivity contribution in [3.05, 3.63) is 101 Å². The summed E-state index contributed by atoms with van der Waals surface area (Å²) < 4.78 is 5.70. The third-order valence-electron chi connectivity index (χ3n) is 5.60. The number of benzene rings is 3. The minimum atomic E-state index is -0.499. The minimum Gasteiger partial charge on any atom is -0.493 e. The standard InChI is InChI=1S/C30H29N5O4S2/c1-4-39-26-13-9-8-12-22(26)18-25(32-28(37)21-10-6-5-7-11-21)29(38)31-23-14-16-24(17-15-23)40-19(2)27(36)33-30-35-34-20(3)41-30/h5-19H,4H2,1-3H3,(H,31,38)(H,32,37)(H,33,35,36)/b25-18-. The maximum atomic E-state index is 13.4. The Morgan fingerprint density at radius 3 is 2.34 bits per heavy atom. The Morgan fingerprint density at radius 1 is 0.951 bits per heavy atom. The second-order valence-corrected chi connectivity index (χ2v) is 11.3. The Balaban J connectivity index is 1.47. The van der Waals surface area contributed by atoms with Crippen molar-refractivity contribution in [2.75, 3.05) is 17.2 Å². The van der Waals surface area contributed by atoms with Gasteiger partial charge in [0.1, 0.15) is 16.5 Å². The molecule has 0 aliphatic carbocycles. The second-order valence-electron chi connectivity index (χ2n) is 8.70. The minimum absolute atomic E-state index is 0.0571. The topological polar surface area (TPSA) is 122 Å². The predicted octanol–water partition coefficient (Wildman–Crippen LogP) is 5.77. The van der Waals surface area contributed by atoms with Crippen molar-refractivity contribution in [2.45, 2.75) is 30.9 Å². The predicted molar refractivity (Wildman–Crippen MR) is 163 cm³/mol. The summed E-state index contributed by atoms with van der Waals surface area (Å²) in [6, 6.07) is 23.1. The van der Waals surface area contributed by atoms with Gasteiger partial charge in [-0.2, -0.15) is 0 Å². The highest BCUT2D eigenvalue weighted by Crippen LogP contribution is 2.27. The summed E-state index contributed by atoms with van der Waals surface area (Å²) in [5.41, 5.74) is 1.65. The first-order valence-corrected chi connectivity index (χ1v) is 14.5. The van der Waals surface area contributed by atoms with Gasteiger partial charge in [0.25, 0.3) is 11.8 Å². The Bertz CT molecular complexity index is 1540. The molecule has 11 heteroatoms. The number of hydrogen-bond donors (Lipinski definition) is 3. The van der Waals surface area contributed by atoms with Crippen LogP contribution in [0.15, 0.2) is 89.5 Å². The zero-order chi connectivity index (χ0) is 29.2. The van der Waals surface area contributed by atoms with Crippen LogP contribution in [0.25, 0.3) is 6.08 Å². The van der Waals surface area contributed by atoms with Crippen molar-refractivity contribution in [1.29, 1.82) is 0 Å². The summed E-state index contributed by atoms with van der Waals surface area (Å²) in [6.45, 7) is 5.95. The van der Waals surface area contributed by atoms with Gasteiger partial charge in [0, 0.05) is 21.7 Å². The number of aromatic nitrogens is 2. The summed E-state index contributed by atoms with van der Waals surface area (Å²) in [6.07, 6.45) is 1.59. The van der Waals surface area contributed by atoms with Crippen LogP contribution in [-0.2, 0) is 9.59 Å². The molecule has 3 N–H and O–H groups in total. The molecule has 0 saturated carbocycles. The molecule has 0 bridgehead atoms. The Kier molecular flexibility index (Phi) is 10.2. The molecule has 0 fully saturated rings. The Labute approximate surface area is 246 Å². The number of para-hydroxylation sites is 1. The zero-order valence-corrected chi connectivity index (χ0v) is 24.3. The number of aryl methyl sites for hydroxylation is 1. The highest BCUT2D eigenvalue weighted by atomic mass is 32.2. The highest BCUT2D eigenvalue weighted by Gasteiger charge is 2.18. The molecule has 210 valence electrons. The molecule has 1 aromatic heterocycles. The lowest BCUT2D eigenvalue weighted by Crippen LogP contribution is -2.30. The van der Waals surface area contributed by atoms with Crippen LogP contribution in [0.3, 0.4) is 0 Å². The smallest absolute Gasteiger partial charge is 0.272 e. The van der Waals surface area contributed by atoms with Crippen molar-refractivity contribution in [3.63, 3.8) is 0 Å². The lowest BCUT2D eigenvalue weighted by molar-refractivity contribution is -0.115. The van der Waals surface area contributed by atoms with Gasteiger partial charge in [-0.3, -0.25) is 19.7 Å². The van der Waals surface area contributed by atoms with Crippen molar-refractivity contribution in [3.8, 4) is 5.75 Å². The highest BCUT2D eigenvalue weighted by molar-refractivity contribution is 8.00. The normalized spacial score (nSPS) is 11.8.